The van der Waals surface area contributed by atoms with Crippen LogP contribution < -0.4 is 14.4 Å². The molecule has 0 N–H and O–H groups in total. The van der Waals surface area contributed by atoms with Gasteiger partial charge in [-0.2, -0.15) is 0 Å². The van der Waals surface area contributed by atoms with Crippen LogP contribution in [0, 0.1) is 0 Å². The number of alkyl halides is 3. The Morgan fingerprint density at radius 3 is 2.29 bits per heavy atom. The van der Waals surface area contributed by atoms with Crippen LogP contribution in [-0.2, 0) is 17.9 Å². The number of rotatable bonds is 7. The Morgan fingerprint density at radius 2 is 1.63 bits per heavy atom. The molecule has 1 aliphatic heterocycles. The highest BCUT2D eigenvalue weighted by molar-refractivity contribution is 6.22. The number of nitrogens with zero attached hydrogens (tertiary/aromatic N) is 3. The predicted octanol–water partition coefficient (Wildman–Crippen LogP) is 5.31. The Labute approximate surface area is 199 Å². The van der Waals surface area contributed by atoms with E-state index in [-0.39, 0.29) is 12.2 Å². The number of amides is 3. The summed E-state index contributed by atoms with van der Waals surface area (Å²) in [4.78, 5) is 32.9. The first-order chi connectivity index (χ1) is 16.5. The lowest BCUT2D eigenvalue weighted by Crippen LogP contribution is -2.43. The number of pyridine rings is 1. The fourth-order valence-corrected chi connectivity index (χ4v) is 3.67. The maximum atomic E-state index is 13.2. The summed E-state index contributed by atoms with van der Waals surface area (Å²) < 4.78 is 46.9. The molecule has 0 unspecified atom stereocenters. The minimum Gasteiger partial charge on any atom is -0.473 e. The molecule has 0 spiro atoms. The molecule has 3 amide bonds. The monoisotopic (exact) mass is 485 g/mol. The van der Waals surface area contributed by atoms with Gasteiger partial charge in [0.2, 0.25) is 5.88 Å². The van der Waals surface area contributed by atoms with E-state index in [9.17, 15) is 22.8 Å². The van der Waals surface area contributed by atoms with E-state index in [1.54, 1.807) is 32.2 Å². The Balaban J connectivity index is 1.50. The number of hydrogen-bond donors (Lipinski definition) is 0. The van der Waals surface area contributed by atoms with Crippen molar-refractivity contribution in [3.05, 3.63) is 84.1 Å². The van der Waals surface area contributed by atoms with Crippen molar-refractivity contribution < 1.29 is 32.2 Å². The molecule has 0 bridgehead atoms. The molecule has 3 aromatic rings. The van der Waals surface area contributed by atoms with Crippen molar-refractivity contribution in [1.82, 2.24) is 9.88 Å². The molecule has 10 heteroatoms. The van der Waals surface area contributed by atoms with E-state index in [2.05, 4.69) is 9.72 Å². The lowest BCUT2D eigenvalue weighted by atomic mass is 10.0. The van der Waals surface area contributed by atoms with Gasteiger partial charge in [-0.15, -0.1) is 13.2 Å². The molecular formula is C25H22F3N3O4. The van der Waals surface area contributed by atoms with Crippen LogP contribution in [0.1, 0.15) is 25.0 Å². The summed E-state index contributed by atoms with van der Waals surface area (Å²) in [7, 11) is 0. The van der Waals surface area contributed by atoms with E-state index in [1.807, 2.05) is 30.3 Å². The molecule has 2 heterocycles. The number of hydrogen-bond acceptors (Lipinski definition) is 5. The number of anilines is 1. The van der Waals surface area contributed by atoms with Crippen LogP contribution in [0.15, 0.2) is 72.9 Å². The van der Waals surface area contributed by atoms with E-state index in [0.29, 0.717) is 18.1 Å². The van der Waals surface area contributed by atoms with Gasteiger partial charge in [0.1, 0.15) is 17.9 Å². The summed E-state index contributed by atoms with van der Waals surface area (Å²) in [5.41, 5.74) is 0.634. The lowest BCUT2D eigenvalue weighted by molar-refractivity contribution is -0.274. The van der Waals surface area contributed by atoms with Crippen molar-refractivity contribution in [1.29, 1.82) is 0 Å². The smallest absolute Gasteiger partial charge is 0.473 e. The van der Waals surface area contributed by atoms with Crippen molar-refractivity contribution in [2.45, 2.75) is 38.9 Å². The summed E-state index contributed by atoms with van der Waals surface area (Å²) in [6.07, 6.45) is -3.28. The van der Waals surface area contributed by atoms with Crippen LogP contribution in [0.5, 0.6) is 11.6 Å². The molecule has 0 aliphatic carbocycles. The second-order valence-electron chi connectivity index (χ2n) is 8.39. The van der Waals surface area contributed by atoms with Crippen molar-refractivity contribution in [3.8, 4) is 11.6 Å². The number of aromatic nitrogens is 1. The highest BCUT2D eigenvalue weighted by Crippen LogP contribution is 2.34. The zero-order chi connectivity index (χ0) is 25.2. The van der Waals surface area contributed by atoms with Crippen molar-refractivity contribution >= 4 is 17.6 Å². The fraction of sp³-hybridized carbons (Fsp3) is 0.240. The Hall–Kier alpha value is -4.08. The third-order valence-corrected chi connectivity index (χ3v) is 5.52. The molecule has 1 aromatic heterocycles. The molecule has 0 radical (unpaired) electrons. The summed E-state index contributed by atoms with van der Waals surface area (Å²) >= 11 is 0. The Bertz CT molecular complexity index is 1210. The van der Waals surface area contributed by atoms with E-state index < -0.39 is 29.6 Å². The first kappa shape index (κ1) is 24.1. The van der Waals surface area contributed by atoms with Crippen molar-refractivity contribution in [3.63, 3.8) is 0 Å². The van der Waals surface area contributed by atoms with Crippen LogP contribution in [-0.4, -0.2) is 33.7 Å². The summed E-state index contributed by atoms with van der Waals surface area (Å²) in [6, 6.07) is 17.0. The largest absolute Gasteiger partial charge is 0.573 e. The lowest BCUT2D eigenvalue weighted by Gasteiger charge is -2.27. The topological polar surface area (TPSA) is 72.0 Å². The summed E-state index contributed by atoms with van der Waals surface area (Å²) in [5.74, 6) is -0.572. The third-order valence-electron chi connectivity index (χ3n) is 5.52. The number of carbonyl (C=O) groups is 2. The van der Waals surface area contributed by atoms with Gasteiger partial charge in [-0.1, -0.05) is 30.3 Å². The van der Waals surface area contributed by atoms with Crippen LogP contribution in [0.4, 0.5) is 23.7 Å². The van der Waals surface area contributed by atoms with E-state index in [4.69, 9.17) is 4.74 Å². The number of carbonyl (C=O) groups excluding carboxylic acids is 2. The zero-order valence-electron chi connectivity index (χ0n) is 19.0. The fourth-order valence-electron chi connectivity index (χ4n) is 3.67. The third kappa shape index (κ3) is 5.37. The van der Waals surface area contributed by atoms with E-state index in [1.165, 1.54) is 17.0 Å². The Morgan fingerprint density at radius 1 is 0.943 bits per heavy atom. The van der Waals surface area contributed by atoms with E-state index in [0.717, 1.165) is 22.6 Å². The van der Waals surface area contributed by atoms with Gasteiger partial charge in [0.25, 0.3) is 5.91 Å². The maximum absolute atomic E-state index is 13.2. The molecule has 7 nitrogen and oxygen atoms in total. The van der Waals surface area contributed by atoms with Gasteiger partial charge >= 0.3 is 12.4 Å². The van der Waals surface area contributed by atoms with Crippen LogP contribution in [0.2, 0.25) is 0 Å². The molecular weight excluding hydrogens is 463 g/mol. The van der Waals surface area contributed by atoms with Gasteiger partial charge in [-0.05, 0) is 55.3 Å². The number of benzene rings is 2. The van der Waals surface area contributed by atoms with Gasteiger partial charge in [0, 0.05) is 18.8 Å². The number of halogens is 3. The first-order valence-electron chi connectivity index (χ1n) is 10.7. The zero-order valence-corrected chi connectivity index (χ0v) is 19.0. The minimum absolute atomic E-state index is 0.105. The second kappa shape index (κ2) is 9.28. The highest BCUT2D eigenvalue weighted by atomic mass is 19.4. The van der Waals surface area contributed by atoms with Gasteiger partial charge in [0.15, 0.2) is 0 Å². The van der Waals surface area contributed by atoms with Gasteiger partial charge < -0.3 is 14.4 Å². The van der Waals surface area contributed by atoms with Crippen molar-refractivity contribution in [2.75, 3.05) is 4.90 Å². The predicted molar refractivity (Wildman–Crippen MR) is 121 cm³/mol. The molecule has 1 aliphatic rings. The molecule has 1 saturated heterocycles. The normalized spacial score (nSPS) is 15.5. The molecule has 2 aromatic carbocycles. The first-order valence-corrected chi connectivity index (χ1v) is 10.7. The maximum Gasteiger partial charge on any atom is 0.573 e. The number of imide groups is 1. The average Bonchev–Trinajstić information content (AvgIpc) is 2.98. The quantitative estimate of drug-likeness (QED) is 0.425. The SMILES string of the molecule is CC1(C)C(=O)N(c2ccc(OC(F)(F)F)cc2)C(=O)N1Cc1ccnc(OCc2ccccc2)c1. The van der Waals surface area contributed by atoms with Gasteiger partial charge in [-0.25, -0.2) is 14.7 Å². The highest BCUT2D eigenvalue weighted by Gasteiger charge is 2.51. The molecule has 0 saturated carbocycles. The number of urea groups is 1. The van der Waals surface area contributed by atoms with Crippen LogP contribution >= 0.6 is 0 Å². The van der Waals surface area contributed by atoms with Gasteiger partial charge in [-0.3, -0.25) is 4.79 Å². The summed E-state index contributed by atoms with van der Waals surface area (Å²) in [6.45, 7) is 3.66. The van der Waals surface area contributed by atoms with Crippen LogP contribution in [0.3, 0.4) is 0 Å². The second-order valence-corrected chi connectivity index (χ2v) is 8.39. The average molecular weight is 485 g/mol. The molecule has 0 atom stereocenters. The Kier molecular flexibility index (Phi) is 6.38. The summed E-state index contributed by atoms with van der Waals surface area (Å²) in [5, 5.41) is 0. The van der Waals surface area contributed by atoms with Gasteiger partial charge in [0.05, 0.1) is 5.69 Å². The molecule has 182 valence electrons. The molecule has 1 fully saturated rings. The molecule has 4 rings (SSSR count). The molecule has 35 heavy (non-hydrogen) atoms. The van der Waals surface area contributed by atoms with Crippen LogP contribution in [0.25, 0.3) is 0 Å². The number of ether oxygens (including phenoxy) is 2. The van der Waals surface area contributed by atoms with Crippen molar-refractivity contribution in [2.24, 2.45) is 0 Å². The minimum atomic E-state index is -4.84. The standard InChI is InChI=1S/C25H22F3N3O4/c1-24(2)22(32)31(19-8-10-20(11-9-19)35-25(26,27)28)23(33)30(24)15-18-12-13-29-21(14-18)34-16-17-6-4-3-5-7-17/h3-14H,15-16H2,1-2H3. The van der Waals surface area contributed by atoms with E-state index >= 15 is 0 Å².